The summed E-state index contributed by atoms with van der Waals surface area (Å²) in [4.78, 5) is 0. The SMILES string of the molecule is CCC1(c2ccc(F)cc2)CCCN1. The molecule has 1 aromatic carbocycles. The zero-order valence-electron chi connectivity index (χ0n) is 8.52. The van der Waals surface area contributed by atoms with Gasteiger partial charge in [0.05, 0.1) is 0 Å². The Morgan fingerprint density at radius 3 is 2.57 bits per heavy atom. The van der Waals surface area contributed by atoms with Crippen molar-refractivity contribution in [3.05, 3.63) is 35.6 Å². The van der Waals surface area contributed by atoms with Crippen molar-refractivity contribution in [2.75, 3.05) is 6.54 Å². The van der Waals surface area contributed by atoms with Gasteiger partial charge in [-0.15, -0.1) is 0 Å². The average Bonchev–Trinajstić information content (AvgIpc) is 2.68. The normalized spacial score (nSPS) is 26.7. The predicted molar refractivity (Wildman–Crippen MR) is 55.6 cm³/mol. The maximum atomic E-state index is 12.8. The molecule has 1 N–H and O–H groups in total. The predicted octanol–water partition coefficient (Wildman–Crippen LogP) is 2.81. The molecule has 1 aromatic rings. The highest BCUT2D eigenvalue weighted by atomic mass is 19.1. The minimum Gasteiger partial charge on any atom is -0.307 e. The number of hydrogen-bond acceptors (Lipinski definition) is 1. The summed E-state index contributed by atoms with van der Waals surface area (Å²) in [6.07, 6.45) is 3.44. The van der Waals surface area contributed by atoms with E-state index in [0.29, 0.717) is 0 Å². The molecule has 0 amide bonds. The lowest BCUT2D eigenvalue weighted by molar-refractivity contribution is 0.375. The van der Waals surface area contributed by atoms with Crippen molar-refractivity contribution in [1.29, 1.82) is 0 Å². The summed E-state index contributed by atoms with van der Waals surface area (Å²) in [5.74, 6) is -0.155. The topological polar surface area (TPSA) is 12.0 Å². The first-order valence-corrected chi connectivity index (χ1v) is 5.28. The fourth-order valence-corrected chi connectivity index (χ4v) is 2.33. The van der Waals surface area contributed by atoms with Gasteiger partial charge in [0.25, 0.3) is 0 Å². The van der Waals surface area contributed by atoms with Crippen molar-refractivity contribution >= 4 is 0 Å². The van der Waals surface area contributed by atoms with Crippen molar-refractivity contribution in [1.82, 2.24) is 5.32 Å². The van der Waals surface area contributed by atoms with Crippen LogP contribution in [0.15, 0.2) is 24.3 Å². The van der Waals surface area contributed by atoms with E-state index in [1.807, 2.05) is 12.1 Å². The fraction of sp³-hybridized carbons (Fsp3) is 0.500. The van der Waals surface area contributed by atoms with Crippen molar-refractivity contribution in [2.24, 2.45) is 0 Å². The Labute approximate surface area is 84.3 Å². The highest BCUT2D eigenvalue weighted by Gasteiger charge is 2.32. The second-order valence-corrected chi connectivity index (χ2v) is 3.97. The van der Waals surface area contributed by atoms with Gasteiger partial charge in [0, 0.05) is 5.54 Å². The van der Waals surface area contributed by atoms with E-state index in [0.717, 1.165) is 19.4 Å². The summed E-state index contributed by atoms with van der Waals surface area (Å²) in [5, 5.41) is 3.53. The van der Waals surface area contributed by atoms with Gasteiger partial charge in [-0.05, 0) is 43.5 Å². The minimum absolute atomic E-state index is 0.105. The first-order chi connectivity index (χ1) is 6.77. The molecule has 1 unspecified atom stereocenters. The summed E-state index contributed by atoms with van der Waals surface area (Å²) >= 11 is 0. The molecule has 0 saturated carbocycles. The van der Waals surface area contributed by atoms with Gasteiger partial charge >= 0.3 is 0 Å². The molecule has 0 aromatic heterocycles. The van der Waals surface area contributed by atoms with Gasteiger partial charge in [-0.1, -0.05) is 19.1 Å². The van der Waals surface area contributed by atoms with E-state index in [4.69, 9.17) is 0 Å². The Kier molecular flexibility index (Phi) is 2.55. The molecule has 1 aliphatic heterocycles. The molecule has 0 aliphatic carbocycles. The van der Waals surface area contributed by atoms with E-state index in [9.17, 15) is 4.39 Å². The highest BCUT2D eigenvalue weighted by Crippen LogP contribution is 2.33. The van der Waals surface area contributed by atoms with Crippen LogP contribution in [-0.4, -0.2) is 6.54 Å². The van der Waals surface area contributed by atoms with E-state index in [1.54, 1.807) is 12.1 Å². The number of nitrogens with one attached hydrogen (secondary N) is 1. The van der Waals surface area contributed by atoms with Crippen molar-refractivity contribution < 1.29 is 4.39 Å². The van der Waals surface area contributed by atoms with Crippen LogP contribution in [0.5, 0.6) is 0 Å². The lowest BCUT2D eigenvalue weighted by Gasteiger charge is -2.28. The van der Waals surface area contributed by atoms with Gasteiger partial charge < -0.3 is 5.32 Å². The number of hydrogen-bond donors (Lipinski definition) is 1. The number of rotatable bonds is 2. The van der Waals surface area contributed by atoms with Crippen LogP contribution in [0.2, 0.25) is 0 Å². The highest BCUT2D eigenvalue weighted by molar-refractivity contribution is 5.26. The molecule has 0 radical (unpaired) electrons. The third-order valence-corrected chi connectivity index (χ3v) is 3.24. The lowest BCUT2D eigenvalue weighted by atomic mass is 9.86. The first-order valence-electron chi connectivity index (χ1n) is 5.28. The van der Waals surface area contributed by atoms with Gasteiger partial charge in [0.1, 0.15) is 5.82 Å². The second kappa shape index (κ2) is 3.70. The molecule has 1 fully saturated rings. The monoisotopic (exact) mass is 193 g/mol. The van der Waals surface area contributed by atoms with Gasteiger partial charge in [0.15, 0.2) is 0 Å². The second-order valence-electron chi connectivity index (χ2n) is 3.97. The Morgan fingerprint density at radius 2 is 2.07 bits per heavy atom. The van der Waals surface area contributed by atoms with E-state index >= 15 is 0 Å². The van der Waals surface area contributed by atoms with Crippen molar-refractivity contribution in [3.63, 3.8) is 0 Å². The number of halogens is 1. The quantitative estimate of drug-likeness (QED) is 0.761. The van der Waals surface area contributed by atoms with Crippen LogP contribution in [0.25, 0.3) is 0 Å². The van der Waals surface area contributed by atoms with Crippen LogP contribution in [-0.2, 0) is 5.54 Å². The van der Waals surface area contributed by atoms with Crippen LogP contribution in [0, 0.1) is 5.82 Å². The van der Waals surface area contributed by atoms with Gasteiger partial charge in [-0.3, -0.25) is 0 Å². The summed E-state index contributed by atoms with van der Waals surface area (Å²) in [6, 6.07) is 6.90. The zero-order valence-corrected chi connectivity index (χ0v) is 8.52. The molecular formula is C12H16FN. The van der Waals surface area contributed by atoms with E-state index in [-0.39, 0.29) is 11.4 Å². The van der Waals surface area contributed by atoms with Crippen LogP contribution < -0.4 is 5.32 Å². The molecule has 1 heterocycles. The van der Waals surface area contributed by atoms with Crippen LogP contribution in [0.1, 0.15) is 31.7 Å². The molecule has 1 nitrogen and oxygen atoms in total. The average molecular weight is 193 g/mol. The summed E-state index contributed by atoms with van der Waals surface area (Å²) in [5.41, 5.74) is 1.33. The Hall–Kier alpha value is -0.890. The first kappa shape index (κ1) is 9.66. The maximum absolute atomic E-state index is 12.8. The zero-order chi connectivity index (χ0) is 10.0. The van der Waals surface area contributed by atoms with Gasteiger partial charge in [0.2, 0.25) is 0 Å². The summed E-state index contributed by atoms with van der Waals surface area (Å²) in [7, 11) is 0. The molecule has 1 aliphatic rings. The van der Waals surface area contributed by atoms with E-state index < -0.39 is 0 Å². The standard InChI is InChI=1S/C12H16FN/c1-2-12(8-3-9-14-12)10-4-6-11(13)7-5-10/h4-7,14H,2-3,8-9H2,1H3. The smallest absolute Gasteiger partial charge is 0.123 e. The molecule has 2 rings (SSSR count). The minimum atomic E-state index is -0.155. The molecule has 1 atom stereocenters. The Morgan fingerprint density at radius 1 is 1.36 bits per heavy atom. The van der Waals surface area contributed by atoms with E-state index in [2.05, 4.69) is 12.2 Å². The molecule has 2 heteroatoms. The third kappa shape index (κ3) is 1.55. The Balaban J connectivity index is 2.31. The van der Waals surface area contributed by atoms with Crippen LogP contribution in [0.4, 0.5) is 4.39 Å². The maximum Gasteiger partial charge on any atom is 0.123 e. The van der Waals surface area contributed by atoms with Crippen molar-refractivity contribution in [2.45, 2.75) is 31.7 Å². The Bertz CT molecular complexity index is 299. The van der Waals surface area contributed by atoms with Gasteiger partial charge in [-0.25, -0.2) is 4.39 Å². The van der Waals surface area contributed by atoms with Gasteiger partial charge in [-0.2, -0.15) is 0 Å². The lowest BCUT2D eigenvalue weighted by Crippen LogP contribution is -2.35. The molecule has 14 heavy (non-hydrogen) atoms. The van der Waals surface area contributed by atoms with Crippen LogP contribution in [0.3, 0.4) is 0 Å². The number of benzene rings is 1. The molecule has 76 valence electrons. The third-order valence-electron chi connectivity index (χ3n) is 3.24. The molecular weight excluding hydrogens is 177 g/mol. The molecule has 1 saturated heterocycles. The van der Waals surface area contributed by atoms with Crippen molar-refractivity contribution in [3.8, 4) is 0 Å². The van der Waals surface area contributed by atoms with E-state index in [1.165, 1.54) is 12.0 Å². The molecule has 0 bridgehead atoms. The largest absolute Gasteiger partial charge is 0.307 e. The fourth-order valence-electron chi connectivity index (χ4n) is 2.33. The summed E-state index contributed by atoms with van der Waals surface area (Å²) in [6.45, 7) is 3.26. The molecule has 0 spiro atoms. The summed E-state index contributed by atoms with van der Waals surface area (Å²) < 4.78 is 12.8. The van der Waals surface area contributed by atoms with Crippen LogP contribution >= 0.6 is 0 Å².